The Kier molecular flexibility index (Phi) is 6.90. The summed E-state index contributed by atoms with van der Waals surface area (Å²) in [6.45, 7) is 8.50. The van der Waals surface area contributed by atoms with Gasteiger partial charge in [-0.15, -0.1) is 0 Å². The fraction of sp³-hybridized carbons (Fsp3) is 0.846. The number of allylic oxidation sites excluding steroid dienone is 1. The van der Waals surface area contributed by atoms with E-state index in [1.807, 2.05) is 6.08 Å². The molecule has 4 aliphatic rings. The minimum atomic E-state index is -3.32. The topological polar surface area (TPSA) is 89.9 Å². The summed E-state index contributed by atoms with van der Waals surface area (Å²) in [6, 6.07) is 0. The van der Waals surface area contributed by atoms with E-state index in [4.69, 9.17) is 9.05 Å². The van der Waals surface area contributed by atoms with Gasteiger partial charge in [0.25, 0.3) is 0 Å². The van der Waals surface area contributed by atoms with E-state index < -0.39 is 18.6 Å². The first-order valence-corrected chi connectivity index (χ1v) is 14.6. The third-order valence-corrected chi connectivity index (χ3v) is 11.9. The lowest BCUT2D eigenvalue weighted by Gasteiger charge is -2.58. The van der Waals surface area contributed by atoms with E-state index in [-0.39, 0.29) is 42.8 Å². The summed E-state index contributed by atoms with van der Waals surface area (Å²) in [5, 5.41) is 11.8. The maximum absolute atomic E-state index is 13.4. The molecule has 4 rings (SSSR count). The van der Waals surface area contributed by atoms with Crippen molar-refractivity contribution in [2.75, 3.05) is 19.4 Å². The molecule has 6 nitrogen and oxygen atoms in total. The quantitative estimate of drug-likeness (QED) is 0.463. The van der Waals surface area contributed by atoms with Crippen LogP contribution in [0.4, 0.5) is 0 Å². The highest BCUT2D eigenvalue weighted by Crippen LogP contribution is 2.67. The first-order valence-electron chi connectivity index (χ1n) is 12.9. The molecule has 1 N–H and O–H groups in total. The van der Waals surface area contributed by atoms with E-state index in [0.717, 1.165) is 38.5 Å². The van der Waals surface area contributed by atoms with Crippen molar-refractivity contribution in [3.8, 4) is 0 Å². The summed E-state index contributed by atoms with van der Waals surface area (Å²) >= 11 is 0. The number of carbonyl (C=O) groups is 2. The molecule has 0 aliphatic heterocycles. The zero-order valence-electron chi connectivity index (χ0n) is 20.7. The Balaban J connectivity index is 1.52. The first-order chi connectivity index (χ1) is 15.5. The van der Waals surface area contributed by atoms with Gasteiger partial charge in [-0.1, -0.05) is 19.4 Å². The van der Waals surface area contributed by atoms with E-state index in [2.05, 4.69) is 13.8 Å². The monoisotopic (exact) mass is 480 g/mol. The number of Topliss-reactive ketones (excluding diaryl/α,β-unsaturated/α-hetero) is 1. The smallest absolute Gasteiger partial charge is 0.331 e. The Morgan fingerprint density at radius 2 is 1.73 bits per heavy atom. The number of carbonyl (C=O) groups excluding carboxylic acids is 2. The van der Waals surface area contributed by atoms with Crippen molar-refractivity contribution in [3.05, 3.63) is 11.6 Å². The number of ketones is 2. The van der Waals surface area contributed by atoms with Crippen LogP contribution in [0.5, 0.6) is 0 Å². The summed E-state index contributed by atoms with van der Waals surface area (Å²) in [4.78, 5) is 25.5. The highest BCUT2D eigenvalue weighted by Gasteiger charge is 2.66. The third kappa shape index (κ3) is 4.03. The highest BCUT2D eigenvalue weighted by atomic mass is 31.2. The molecule has 6 atom stereocenters. The molecule has 0 radical (unpaired) electrons. The largest absolute Gasteiger partial charge is 0.381 e. The van der Waals surface area contributed by atoms with E-state index in [0.29, 0.717) is 30.6 Å². The van der Waals surface area contributed by atoms with Crippen LogP contribution < -0.4 is 0 Å². The van der Waals surface area contributed by atoms with Gasteiger partial charge in [-0.05, 0) is 88.0 Å². The Hall–Kier alpha value is -0.810. The average Bonchev–Trinajstić information content (AvgIpc) is 3.05. The van der Waals surface area contributed by atoms with Gasteiger partial charge >= 0.3 is 7.60 Å². The second-order valence-electron chi connectivity index (χ2n) is 11.2. The molecule has 4 aliphatic carbocycles. The van der Waals surface area contributed by atoms with Gasteiger partial charge in [-0.3, -0.25) is 14.2 Å². The molecular weight excluding hydrogens is 439 g/mol. The van der Waals surface area contributed by atoms with Crippen LogP contribution in [0.15, 0.2) is 11.6 Å². The number of rotatable bonds is 8. The average molecular weight is 481 g/mol. The molecule has 3 fully saturated rings. The minimum absolute atomic E-state index is 0.0108. The first kappa shape index (κ1) is 25.3. The normalized spacial score (nSPS) is 40.6. The molecule has 0 aromatic rings. The van der Waals surface area contributed by atoms with Gasteiger partial charge in [0.1, 0.15) is 5.60 Å². The van der Waals surface area contributed by atoms with Crippen LogP contribution in [0.25, 0.3) is 0 Å². The Morgan fingerprint density at radius 3 is 2.39 bits per heavy atom. The molecule has 0 bridgehead atoms. The summed E-state index contributed by atoms with van der Waals surface area (Å²) in [5.41, 5.74) is -0.444. The summed E-state index contributed by atoms with van der Waals surface area (Å²) in [7, 11) is -3.32. The lowest BCUT2D eigenvalue weighted by molar-refractivity contribution is -0.161. The predicted octanol–water partition coefficient (Wildman–Crippen LogP) is 5.47. The molecular formula is C26H41O6P. The van der Waals surface area contributed by atoms with Crippen molar-refractivity contribution in [2.24, 2.45) is 28.6 Å². The predicted molar refractivity (Wildman–Crippen MR) is 127 cm³/mol. The molecule has 0 aromatic carbocycles. The fourth-order valence-corrected chi connectivity index (χ4v) is 9.63. The molecule has 0 aromatic heterocycles. The second-order valence-corrected chi connectivity index (χ2v) is 13.4. The van der Waals surface area contributed by atoms with Crippen molar-refractivity contribution >= 4 is 19.2 Å². The van der Waals surface area contributed by atoms with Crippen LogP contribution >= 0.6 is 7.60 Å². The minimum Gasteiger partial charge on any atom is -0.381 e. The second kappa shape index (κ2) is 9.00. The van der Waals surface area contributed by atoms with Crippen molar-refractivity contribution < 1.29 is 28.3 Å². The van der Waals surface area contributed by atoms with E-state index >= 15 is 0 Å². The van der Waals surface area contributed by atoms with Crippen LogP contribution in [0.2, 0.25) is 0 Å². The SMILES string of the molecule is CCOP(=O)(CCC(=O)[C@@]1(O)CC[C@H]2[C@@H]3CCC4=CC(=O)CC[C@]4(C)[C@H]3CC[C@@]21C)OCC. The molecule has 0 saturated heterocycles. The van der Waals surface area contributed by atoms with E-state index in [9.17, 15) is 19.3 Å². The van der Waals surface area contributed by atoms with Crippen LogP contribution in [-0.2, 0) is 23.2 Å². The molecule has 3 saturated carbocycles. The van der Waals surface area contributed by atoms with Crippen molar-refractivity contribution in [2.45, 2.75) is 91.1 Å². The van der Waals surface area contributed by atoms with Gasteiger partial charge in [-0.25, -0.2) is 0 Å². The van der Waals surface area contributed by atoms with Crippen molar-refractivity contribution in [1.82, 2.24) is 0 Å². The van der Waals surface area contributed by atoms with E-state index in [1.54, 1.807) is 13.8 Å². The van der Waals surface area contributed by atoms with Crippen LogP contribution in [0, 0.1) is 28.6 Å². The Labute approximate surface area is 198 Å². The third-order valence-electron chi connectivity index (χ3n) is 9.84. The van der Waals surface area contributed by atoms with Crippen molar-refractivity contribution in [3.63, 3.8) is 0 Å². The Bertz CT molecular complexity index is 872. The maximum atomic E-state index is 13.4. The van der Waals surface area contributed by atoms with Gasteiger partial charge < -0.3 is 14.2 Å². The van der Waals surface area contributed by atoms with Gasteiger partial charge in [0.2, 0.25) is 0 Å². The standard InChI is InChI=1S/C26H41O6P/c1-5-31-33(30,32-6-2)16-12-23(28)26(29)15-11-22-20-8-7-18-17-19(27)9-13-24(18,3)21(20)10-14-25(22,26)4/h17,20-22,29H,5-16H2,1-4H3/t20-,21+,22+,24+,25+,26+/m1/s1. The molecule has 186 valence electrons. The Morgan fingerprint density at radius 1 is 1.06 bits per heavy atom. The summed E-state index contributed by atoms with van der Waals surface area (Å²) < 4.78 is 23.6. The van der Waals surface area contributed by atoms with Gasteiger partial charge in [0.05, 0.1) is 19.4 Å². The van der Waals surface area contributed by atoms with Gasteiger partial charge in [-0.2, -0.15) is 0 Å². The van der Waals surface area contributed by atoms with Crippen LogP contribution in [-0.4, -0.2) is 41.6 Å². The molecule has 0 heterocycles. The molecule has 0 spiro atoms. The maximum Gasteiger partial charge on any atom is 0.331 e. The highest BCUT2D eigenvalue weighted by molar-refractivity contribution is 7.53. The van der Waals surface area contributed by atoms with Crippen LogP contribution in [0.3, 0.4) is 0 Å². The summed E-state index contributed by atoms with van der Waals surface area (Å²) in [6.07, 6.45) is 8.60. The fourth-order valence-electron chi connectivity index (χ4n) is 8.04. The molecule has 7 heteroatoms. The molecule has 0 amide bonds. The molecule has 33 heavy (non-hydrogen) atoms. The number of aliphatic hydroxyl groups is 1. The number of hydrogen-bond acceptors (Lipinski definition) is 6. The van der Waals surface area contributed by atoms with Crippen LogP contribution in [0.1, 0.15) is 85.5 Å². The zero-order chi connectivity index (χ0) is 24.1. The van der Waals surface area contributed by atoms with Gasteiger partial charge in [0.15, 0.2) is 11.6 Å². The number of fused-ring (bicyclic) bond motifs is 5. The van der Waals surface area contributed by atoms with E-state index in [1.165, 1.54) is 5.57 Å². The zero-order valence-corrected chi connectivity index (χ0v) is 21.6. The lowest BCUT2D eigenvalue weighted by atomic mass is 9.46. The number of hydrogen-bond donors (Lipinski definition) is 1. The summed E-state index contributed by atoms with van der Waals surface area (Å²) in [5.74, 6) is 1.33. The van der Waals surface area contributed by atoms with Crippen molar-refractivity contribution in [1.29, 1.82) is 0 Å². The molecule has 0 unspecified atom stereocenters. The lowest BCUT2D eigenvalue weighted by Crippen LogP contribution is -2.57. The van der Waals surface area contributed by atoms with Gasteiger partial charge in [0, 0.05) is 18.3 Å².